The highest BCUT2D eigenvalue weighted by Crippen LogP contribution is 2.10. The lowest BCUT2D eigenvalue weighted by Gasteiger charge is -2.19. The molecule has 1 aromatic carbocycles. The van der Waals surface area contributed by atoms with E-state index in [1.54, 1.807) is 30.3 Å². The van der Waals surface area contributed by atoms with Crippen LogP contribution in [0.4, 0.5) is 0 Å². The summed E-state index contributed by atoms with van der Waals surface area (Å²) in [5, 5.41) is 24.0. The molecule has 2 atom stereocenters. The SMILES string of the molecule is CC1CNCCN1.O=C(O)C(O)c1ccccc1. The molecule has 0 bridgehead atoms. The Morgan fingerprint density at radius 2 is 2.00 bits per heavy atom. The van der Waals surface area contributed by atoms with Gasteiger partial charge < -0.3 is 20.8 Å². The van der Waals surface area contributed by atoms with Crippen molar-refractivity contribution >= 4 is 5.97 Å². The zero-order valence-electron chi connectivity index (χ0n) is 10.5. The topological polar surface area (TPSA) is 81.6 Å². The lowest BCUT2D eigenvalue weighted by atomic mass is 10.1. The third-order valence-corrected chi connectivity index (χ3v) is 2.59. The molecule has 0 aromatic heterocycles. The van der Waals surface area contributed by atoms with Crippen molar-refractivity contribution < 1.29 is 15.0 Å². The van der Waals surface area contributed by atoms with Gasteiger partial charge in [0, 0.05) is 25.7 Å². The minimum Gasteiger partial charge on any atom is -0.479 e. The zero-order valence-corrected chi connectivity index (χ0v) is 10.5. The molecule has 2 unspecified atom stereocenters. The normalized spacial score (nSPS) is 20.4. The third kappa shape index (κ3) is 5.27. The van der Waals surface area contributed by atoms with Crippen LogP contribution in [0, 0.1) is 0 Å². The molecule has 1 heterocycles. The van der Waals surface area contributed by atoms with Gasteiger partial charge in [-0.05, 0) is 12.5 Å². The molecule has 0 radical (unpaired) electrons. The van der Waals surface area contributed by atoms with Gasteiger partial charge >= 0.3 is 5.97 Å². The van der Waals surface area contributed by atoms with E-state index in [2.05, 4.69) is 17.6 Å². The first kappa shape index (κ1) is 14.6. The molecule has 1 aliphatic rings. The van der Waals surface area contributed by atoms with E-state index in [-0.39, 0.29) is 0 Å². The van der Waals surface area contributed by atoms with Crippen molar-refractivity contribution in [3.63, 3.8) is 0 Å². The van der Waals surface area contributed by atoms with Gasteiger partial charge in [-0.25, -0.2) is 4.79 Å². The quantitative estimate of drug-likeness (QED) is 0.611. The summed E-state index contributed by atoms with van der Waals surface area (Å²) in [5.74, 6) is -1.23. The number of hydrogen-bond acceptors (Lipinski definition) is 4. The maximum absolute atomic E-state index is 10.2. The molecule has 0 spiro atoms. The molecule has 4 N–H and O–H groups in total. The van der Waals surface area contributed by atoms with Crippen LogP contribution in [-0.4, -0.2) is 41.9 Å². The molecule has 1 saturated heterocycles. The van der Waals surface area contributed by atoms with Gasteiger partial charge in [0.25, 0.3) is 0 Å². The maximum Gasteiger partial charge on any atom is 0.337 e. The number of carbonyl (C=O) groups is 1. The summed E-state index contributed by atoms with van der Waals surface area (Å²) in [6.45, 7) is 5.57. The van der Waals surface area contributed by atoms with Crippen molar-refractivity contribution in [2.24, 2.45) is 0 Å². The van der Waals surface area contributed by atoms with Crippen LogP contribution in [0.2, 0.25) is 0 Å². The maximum atomic E-state index is 10.2. The number of piperazine rings is 1. The average Bonchev–Trinajstić information content (AvgIpc) is 2.40. The van der Waals surface area contributed by atoms with Crippen molar-refractivity contribution in [1.29, 1.82) is 0 Å². The fourth-order valence-electron chi connectivity index (χ4n) is 1.58. The van der Waals surface area contributed by atoms with Crippen LogP contribution in [0.25, 0.3) is 0 Å². The van der Waals surface area contributed by atoms with Crippen LogP contribution < -0.4 is 10.6 Å². The van der Waals surface area contributed by atoms with Crippen LogP contribution in [0.15, 0.2) is 30.3 Å². The van der Waals surface area contributed by atoms with Crippen molar-refractivity contribution in [2.45, 2.75) is 19.1 Å². The standard InChI is InChI=1S/C8H8O3.C5H12N2/c9-7(8(10)11)6-4-2-1-3-5-6;1-5-4-6-2-3-7-5/h1-5,7,9H,(H,10,11);5-7H,2-4H2,1H3. The average molecular weight is 252 g/mol. The van der Waals surface area contributed by atoms with E-state index in [4.69, 9.17) is 10.2 Å². The van der Waals surface area contributed by atoms with E-state index in [1.165, 1.54) is 0 Å². The molecule has 1 aromatic rings. The second-order valence-corrected chi connectivity index (χ2v) is 4.21. The van der Waals surface area contributed by atoms with Crippen molar-refractivity contribution in [3.8, 4) is 0 Å². The number of aliphatic hydroxyl groups excluding tert-OH is 1. The molecule has 2 rings (SSSR count). The van der Waals surface area contributed by atoms with Gasteiger partial charge in [0.15, 0.2) is 6.10 Å². The third-order valence-electron chi connectivity index (χ3n) is 2.59. The van der Waals surface area contributed by atoms with Crippen molar-refractivity contribution in [2.75, 3.05) is 19.6 Å². The van der Waals surface area contributed by atoms with Gasteiger partial charge in [-0.15, -0.1) is 0 Å². The smallest absolute Gasteiger partial charge is 0.337 e. The Kier molecular flexibility index (Phi) is 6.35. The zero-order chi connectivity index (χ0) is 13.4. The molecule has 100 valence electrons. The Morgan fingerprint density at radius 1 is 1.33 bits per heavy atom. The molecule has 0 amide bonds. The molecule has 1 aliphatic heterocycles. The highest BCUT2D eigenvalue weighted by molar-refractivity contribution is 5.73. The fourth-order valence-corrected chi connectivity index (χ4v) is 1.58. The van der Waals surface area contributed by atoms with Crippen LogP contribution in [-0.2, 0) is 4.79 Å². The first-order chi connectivity index (χ1) is 8.61. The van der Waals surface area contributed by atoms with Gasteiger partial charge in [-0.1, -0.05) is 30.3 Å². The number of hydrogen-bond donors (Lipinski definition) is 4. The van der Waals surface area contributed by atoms with E-state index < -0.39 is 12.1 Å². The predicted molar refractivity (Wildman–Crippen MR) is 69.4 cm³/mol. The number of aliphatic hydroxyl groups is 1. The Bertz CT molecular complexity index is 351. The van der Waals surface area contributed by atoms with E-state index in [0.29, 0.717) is 11.6 Å². The summed E-state index contributed by atoms with van der Waals surface area (Å²) < 4.78 is 0. The van der Waals surface area contributed by atoms with Crippen molar-refractivity contribution in [1.82, 2.24) is 10.6 Å². The van der Waals surface area contributed by atoms with Gasteiger partial charge in [-0.2, -0.15) is 0 Å². The molecular weight excluding hydrogens is 232 g/mol. The van der Waals surface area contributed by atoms with Crippen LogP contribution >= 0.6 is 0 Å². The molecule has 1 fully saturated rings. The highest BCUT2D eigenvalue weighted by Gasteiger charge is 2.14. The summed E-state index contributed by atoms with van der Waals surface area (Å²) in [6.07, 6.45) is -1.41. The van der Waals surface area contributed by atoms with Crippen LogP contribution in [0.1, 0.15) is 18.6 Å². The number of nitrogens with one attached hydrogen (secondary N) is 2. The lowest BCUT2D eigenvalue weighted by Crippen LogP contribution is -2.46. The first-order valence-corrected chi connectivity index (χ1v) is 6.01. The minimum atomic E-state index is -1.41. The van der Waals surface area contributed by atoms with Crippen LogP contribution in [0.3, 0.4) is 0 Å². The second-order valence-electron chi connectivity index (χ2n) is 4.21. The van der Waals surface area contributed by atoms with Gasteiger partial charge in [0.1, 0.15) is 0 Å². The van der Waals surface area contributed by atoms with E-state index in [9.17, 15) is 4.79 Å². The number of carboxylic acid groups (broad SMARTS) is 1. The largest absolute Gasteiger partial charge is 0.479 e. The number of aliphatic carboxylic acids is 1. The molecule has 0 aliphatic carbocycles. The molecule has 0 saturated carbocycles. The fraction of sp³-hybridized carbons (Fsp3) is 0.462. The Labute approximate surface area is 107 Å². The molecule has 18 heavy (non-hydrogen) atoms. The van der Waals surface area contributed by atoms with Gasteiger partial charge in [0.2, 0.25) is 0 Å². The number of rotatable bonds is 2. The molecule has 5 heteroatoms. The molecular formula is C13H20N2O3. The van der Waals surface area contributed by atoms with Gasteiger partial charge in [-0.3, -0.25) is 0 Å². The van der Waals surface area contributed by atoms with E-state index in [0.717, 1.165) is 19.6 Å². The van der Waals surface area contributed by atoms with Gasteiger partial charge in [0.05, 0.1) is 0 Å². The summed E-state index contributed by atoms with van der Waals surface area (Å²) in [6, 6.07) is 8.94. The monoisotopic (exact) mass is 252 g/mol. The summed E-state index contributed by atoms with van der Waals surface area (Å²) >= 11 is 0. The number of carboxylic acids is 1. The lowest BCUT2D eigenvalue weighted by molar-refractivity contribution is -0.146. The highest BCUT2D eigenvalue weighted by atomic mass is 16.4. The minimum absolute atomic E-state index is 0.403. The summed E-state index contributed by atoms with van der Waals surface area (Å²) in [7, 11) is 0. The van der Waals surface area contributed by atoms with Crippen LogP contribution in [0.5, 0.6) is 0 Å². The summed E-state index contributed by atoms with van der Waals surface area (Å²) in [5.41, 5.74) is 0.403. The Morgan fingerprint density at radius 3 is 2.39 bits per heavy atom. The van der Waals surface area contributed by atoms with Crippen molar-refractivity contribution in [3.05, 3.63) is 35.9 Å². The number of benzene rings is 1. The van der Waals surface area contributed by atoms with E-state index >= 15 is 0 Å². The Hall–Kier alpha value is -1.43. The van der Waals surface area contributed by atoms with E-state index in [1.807, 2.05) is 0 Å². The predicted octanol–water partition coefficient (Wildman–Crippen LogP) is 0.372. The summed E-state index contributed by atoms with van der Waals surface area (Å²) in [4.78, 5) is 10.2. The Balaban J connectivity index is 0.000000199. The molecule has 5 nitrogen and oxygen atoms in total. The second kappa shape index (κ2) is 7.81. The first-order valence-electron chi connectivity index (χ1n) is 6.01.